The SMILES string of the molecule is CC1CC2CCCC(NC(=O)c3ccccn3)(C1)C2. The number of carbonyl (C=O) groups excluding carboxylic acids is 1. The van der Waals surface area contributed by atoms with Crippen LogP contribution in [0, 0.1) is 11.8 Å². The minimum atomic E-state index is -0.00431. The van der Waals surface area contributed by atoms with Crippen molar-refractivity contribution in [2.45, 2.75) is 51.0 Å². The number of nitrogens with zero attached hydrogens (tertiary/aromatic N) is 1. The maximum absolute atomic E-state index is 12.3. The number of hydrogen-bond donors (Lipinski definition) is 1. The van der Waals surface area contributed by atoms with Crippen LogP contribution in [0.1, 0.15) is 55.9 Å². The fourth-order valence-electron chi connectivity index (χ4n) is 4.16. The molecular formula is C16H22N2O. The van der Waals surface area contributed by atoms with Crippen molar-refractivity contribution in [3.8, 4) is 0 Å². The van der Waals surface area contributed by atoms with Crippen LogP contribution in [-0.2, 0) is 0 Å². The van der Waals surface area contributed by atoms with Gasteiger partial charge in [0.05, 0.1) is 0 Å². The van der Waals surface area contributed by atoms with E-state index in [1.165, 1.54) is 19.3 Å². The molecule has 1 heterocycles. The van der Waals surface area contributed by atoms with Crippen LogP contribution in [0.2, 0.25) is 0 Å². The van der Waals surface area contributed by atoms with Crippen molar-refractivity contribution in [1.29, 1.82) is 0 Å². The maximum atomic E-state index is 12.3. The summed E-state index contributed by atoms with van der Waals surface area (Å²) in [6, 6.07) is 5.50. The Morgan fingerprint density at radius 2 is 2.32 bits per heavy atom. The summed E-state index contributed by atoms with van der Waals surface area (Å²) >= 11 is 0. The summed E-state index contributed by atoms with van der Waals surface area (Å²) in [6.07, 6.45) is 9.02. The van der Waals surface area contributed by atoms with Gasteiger partial charge in [0.25, 0.3) is 5.91 Å². The molecule has 3 nitrogen and oxygen atoms in total. The monoisotopic (exact) mass is 258 g/mol. The first-order valence-electron chi connectivity index (χ1n) is 7.40. The van der Waals surface area contributed by atoms with Gasteiger partial charge in [-0.1, -0.05) is 25.8 Å². The molecule has 1 amide bonds. The normalized spacial score (nSPS) is 33.7. The fourth-order valence-corrected chi connectivity index (χ4v) is 4.16. The van der Waals surface area contributed by atoms with Crippen molar-refractivity contribution < 1.29 is 4.79 Å². The zero-order valence-corrected chi connectivity index (χ0v) is 11.6. The Kier molecular flexibility index (Phi) is 3.29. The van der Waals surface area contributed by atoms with Gasteiger partial charge < -0.3 is 5.32 Å². The Balaban J connectivity index is 1.76. The first kappa shape index (κ1) is 12.6. The lowest BCUT2D eigenvalue weighted by molar-refractivity contribution is 0.0634. The first-order valence-corrected chi connectivity index (χ1v) is 7.40. The smallest absolute Gasteiger partial charge is 0.270 e. The van der Waals surface area contributed by atoms with Gasteiger partial charge in [-0.25, -0.2) is 0 Å². The molecule has 0 spiro atoms. The highest BCUT2D eigenvalue weighted by Gasteiger charge is 2.42. The lowest BCUT2D eigenvalue weighted by Crippen LogP contribution is -2.54. The van der Waals surface area contributed by atoms with Gasteiger partial charge in [-0.15, -0.1) is 0 Å². The average Bonchev–Trinajstić information content (AvgIpc) is 2.38. The Hall–Kier alpha value is -1.38. The van der Waals surface area contributed by atoms with Gasteiger partial charge in [0.1, 0.15) is 5.69 Å². The minimum absolute atomic E-state index is 0.00431. The summed E-state index contributed by atoms with van der Waals surface area (Å²) in [4.78, 5) is 16.5. The minimum Gasteiger partial charge on any atom is -0.345 e. The van der Waals surface area contributed by atoms with Crippen molar-refractivity contribution in [2.75, 3.05) is 0 Å². The number of nitrogens with one attached hydrogen (secondary N) is 1. The molecule has 3 rings (SSSR count). The highest BCUT2D eigenvalue weighted by molar-refractivity contribution is 5.92. The molecule has 1 N–H and O–H groups in total. The summed E-state index contributed by atoms with van der Waals surface area (Å²) in [5, 5.41) is 3.31. The van der Waals surface area contributed by atoms with E-state index in [4.69, 9.17) is 0 Å². The second-order valence-corrected chi connectivity index (χ2v) is 6.46. The summed E-state index contributed by atoms with van der Waals surface area (Å²) in [5.74, 6) is 1.53. The third-order valence-electron chi connectivity index (χ3n) is 4.70. The highest BCUT2D eigenvalue weighted by Crippen LogP contribution is 2.45. The predicted octanol–water partition coefficient (Wildman–Crippen LogP) is 3.17. The van der Waals surface area contributed by atoms with E-state index < -0.39 is 0 Å². The van der Waals surface area contributed by atoms with E-state index >= 15 is 0 Å². The van der Waals surface area contributed by atoms with Crippen LogP contribution in [0.25, 0.3) is 0 Å². The number of pyridine rings is 1. The van der Waals surface area contributed by atoms with Gasteiger partial charge in [0.15, 0.2) is 0 Å². The van der Waals surface area contributed by atoms with Crippen LogP contribution >= 0.6 is 0 Å². The molecule has 2 aliphatic carbocycles. The average molecular weight is 258 g/mol. The number of fused-ring (bicyclic) bond motifs is 2. The molecule has 2 bridgehead atoms. The number of hydrogen-bond acceptors (Lipinski definition) is 2. The Bertz CT molecular complexity index is 455. The van der Waals surface area contributed by atoms with Crippen molar-refractivity contribution in [3.05, 3.63) is 30.1 Å². The zero-order chi connectivity index (χ0) is 13.3. The maximum Gasteiger partial charge on any atom is 0.270 e. The summed E-state index contributed by atoms with van der Waals surface area (Å²) < 4.78 is 0. The molecule has 0 aliphatic heterocycles. The molecule has 2 aliphatic rings. The van der Waals surface area contributed by atoms with E-state index in [1.54, 1.807) is 12.3 Å². The van der Waals surface area contributed by atoms with Gasteiger partial charge in [0.2, 0.25) is 0 Å². The zero-order valence-electron chi connectivity index (χ0n) is 11.6. The van der Waals surface area contributed by atoms with Crippen molar-refractivity contribution >= 4 is 5.91 Å². The molecule has 102 valence electrons. The summed E-state index contributed by atoms with van der Waals surface area (Å²) in [5.41, 5.74) is 0.576. The van der Waals surface area contributed by atoms with Crippen LogP contribution < -0.4 is 5.32 Å². The highest BCUT2D eigenvalue weighted by atomic mass is 16.2. The second-order valence-electron chi connectivity index (χ2n) is 6.46. The van der Waals surface area contributed by atoms with E-state index in [0.717, 1.165) is 31.1 Å². The molecule has 0 radical (unpaired) electrons. The van der Waals surface area contributed by atoms with Gasteiger partial charge in [-0.2, -0.15) is 0 Å². The van der Waals surface area contributed by atoms with Crippen LogP contribution in [0.4, 0.5) is 0 Å². The molecule has 3 heteroatoms. The number of rotatable bonds is 2. The fraction of sp³-hybridized carbons (Fsp3) is 0.625. The number of amides is 1. The number of carbonyl (C=O) groups is 1. The van der Waals surface area contributed by atoms with Gasteiger partial charge >= 0.3 is 0 Å². The van der Waals surface area contributed by atoms with Crippen LogP contribution in [-0.4, -0.2) is 16.4 Å². The standard InChI is InChI=1S/C16H22N2O/c1-12-9-13-5-4-7-16(10-12,11-13)18-15(19)14-6-2-3-8-17-14/h2-3,6,8,12-13H,4-5,7,9-11H2,1H3,(H,18,19). The van der Waals surface area contributed by atoms with E-state index in [9.17, 15) is 4.79 Å². The van der Waals surface area contributed by atoms with E-state index in [2.05, 4.69) is 17.2 Å². The molecule has 0 aromatic carbocycles. The third-order valence-corrected chi connectivity index (χ3v) is 4.70. The topological polar surface area (TPSA) is 42.0 Å². The molecule has 0 saturated heterocycles. The Morgan fingerprint density at radius 3 is 3.11 bits per heavy atom. The van der Waals surface area contributed by atoms with Gasteiger partial charge in [-0.3, -0.25) is 9.78 Å². The quantitative estimate of drug-likeness (QED) is 0.885. The third kappa shape index (κ3) is 2.65. The lowest BCUT2D eigenvalue weighted by atomic mass is 9.64. The molecule has 19 heavy (non-hydrogen) atoms. The van der Waals surface area contributed by atoms with Crippen LogP contribution in [0.15, 0.2) is 24.4 Å². The molecule has 1 aromatic heterocycles. The van der Waals surface area contributed by atoms with Crippen molar-refractivity contribution in [3.63, 3.8) is 0 Å². The molecule has 1 aromatic rings. The van der Waals surface area contributed by atoms with Gasteiger partial charge in [0, 0.05) is 11.7 Å². The van der Waals surface area contributed by atoms with Crippen LogP contribution in [0.3, 0.4) is 0 Å². The lowest BCUT2D eigenvalue weighted by Gasteiger charge is -2.48. The second kappa shape index (κ2) is 4.95. The molecular weight excluding hydrogens is 236 g/mol. The van der Waals surface area contributed by atoms with E-state index in [1.807, 2.05) is 12.1 Å². The van der Waals surface area contributed by atoms with Crippen LogP contribution in [0.5, 0.6) is 0 Å². The molecule has 3 atom stereocenters. The van der Waals surface area contributed by atoms with E-state index in [-0.39, 0.29) is 11.4 Å². The van der Waals surface area contributed by atoms with E-state index in [0.29, 0.717) is 5.69 Å². The van der Waals surface area contributed by atoms with Crippen molar-refractivity contribution in [2.24, 2.45) is 11.8 Å². The molecule has 2 fully saturated rings. The Morgan fingerprint density at radius 1 is 1.42 bits per heavy atom. The summed E-state index contributed by atoms with van der Waals surface area (Å²) in [7, 11) is 0. The van der Waals surface area contributed by atoms with Crippen molar-refractivity contribution in [1.82, 2.24) is 10.3 Å². The summed E-state index contributed by atoms with van der Waals surface area (Å²) in [6.45, 7) is 2.32. The Labute approximate surface area is 114 Å². The molecule has 2 saturated carbocycles. The first-order chi connectivity index (χ1) is 9.17. The predicted molar refractivity (Wildman–Crippen MR) is 74.8 cm³/mol. The molecule has 3 unspecified atom stereocenters. The largest absolute Gasteiger partial charge is 0.345 e. The van der Waals surface area contributed by atoms with Gasteiger partial charge in [-0.05, 0) is 49.7 Å². The number of aromatic nitrogens is 1.